The van der Waals surface area contributed by atoms with E-state index in [2.05, 4.69) is 15.2 Å². The van der Waals surface area contributed by atoms with E-state index in [4.69, 9.17) is 0 Å². The Morgan fingerprint density at radius 2 is 1.94 bits per heavy atom. The minimum atomic E-state index is -2.17. The van der Waals surface area contributed by atoms with Gasteiger partial charge in [-0.25, -0.2) is 4.98 Å². The number of anilines is 1. The highest BCUT2D eigenvalue weighted by Crippen LogP contribution is 2.34. The summed E-state index contributed by atoms with van der Waals surface area (Å²) in [7, 11) is -2.17. The van der Waals surface area contributed by atoms with Crippen molar-refractivity contribution in [3.05, 3.63) is 18.3 Å². The van der Waals surface area contributed by atoms with Crippen molar-refractivity contribution >= 4 is 30.7 Å². The third-order valence-corrected chi connectivity index (χ3v) is 4.30. The van der Waals surface area contributed by atoms with Gasteiger partial charge in [0.1, 0.15) is 13.0 Å². The van der Waals surface area contributed by atoms with Gasteiger partial charge in [-0.15, -0.1) is 12.4 Å². The first-order valence-electron chi connectivity index (χ1n) is 5.54. The van der Waals surface area contributed by atoms with Gasteiger partial charge in [0.2, 0.25) is 0 Å². The van der Waals surface area contributed by atoms with Crippen LogP contribution in [0.25, 0.3) is 0 Å². The van der Waals surface area contributed by atoms with E-state index in [-0.39, 0.29) is 12.4 Å². The van der Waals surface area contributed by atoms with E-state index in [0.717, 1.165) is 37.3 Å². The third kappa shape index (κ3) is 3.70. The Labute approximate surface area is 109 Å². The molecule has 0 amide bonds. The van der Waals surface area contributed by atoms with Crippen molar-refractivity contribution in [2.24, 2.45) is 0 Å². The molecule has 6 heteroatoms. The summed E-state index contributed by atoms with van der Waals surface area (Å²) in [5, 5.41) is 4.16. The van der Waals surface area contributed by atoms with Crippen LogP contribution >= 0.6 is 19.5 Å². The summed E-state index contributed by atoms with van der Waals surface area (Å²) in [5.41, 5.74) is 0. The van der Waals surface area contributed by atoms with E-state index in [0.29, 0.717) is 0 Å². The lowest BCUT2D eigenvalue weighted by Gasteiger charge is -2.28. The van der Waals surface area contributed by atoms with Crippen LogP contribution in [0, 0.1) is 0 Å². The highest BCUT2D eigenvalue weighted by Gasteiger charge is 2.14. The van der Waals surface area contributed by atoms with Gasteiger partial charge in [-0.05, 0) is 25.5 Å². The zero-order chi connectivity index (χ0) is 11.6. The average molecular weight is 276 g/mol. The molecule has 1 aliphatic rings. The minimum absolute atomic E-state index is 0. The van der Waals surface area contributed by atoms with Crippen LogP contribution in [-0.4, -0.2) is 44.5 Å². The number of hydrogen-bond donors (Lipinski definition) is 1. The summed E-state index contributed by atoms with van der Waals surface area (Å²) in [5.74, 6) is 0.985. The van der Waals surface area contributed by atoms with E-state index in [1.165, 1.54) is 0 Å². The summed E-state index contributed by atoms with van der Waals surface area (Å²) < 4.78 is 11.8. The molecule has 0 aromatic carbocycles. The molecule has 1 saturated heterocycles. The number of aromatic nitrogens is 1. The molecular formula is C11H19ClN3OP. The SMILES string of the molecule is CP(C)(=O)c1ccc(N2CCNCC2)nc1.Cl. The molecule has 0 radical (unpaired) electrons. The predicted molar refractivity (Wildman–Crippen MR) is 75.7 cm³/mol. The molecule has 1 N–H and O–H groups in total. The lowest BCUT2D eigenvalue weighted by molar-refractivity contribution is 0.584. The number of pyridine rings is 1. The molecule has 1 aromatic rings. The van der Waals surface area contributed by atoms with Crippen molar-refractivity contribution in [3.63, 3.8) is 0 Å². The van der Waals surface area contributed by atoms with Crippen LogP contribution in [0.15, 0.2) is 18.3 Å². The Kier molecular flexibility index (Phi) is 4.99. The molecule has 17 heavy (non-hydrogen) atoms. The fraction of sp³-hybridized carbons (Fsp3) is 0.545. The first kappa shape index (κ1) is 14.5. The van der Waals surface area contributed by atoms with E-state index in [1.54, 1.807) is 19.5 Å². The van der Waals surface area contributed by atoms with Crippen LogP contribution < -0.4 is 15.5 Å². The van der Waals surface area contributed by atoms with Gasteiger partial charge in [0, 0.05) is 37.7 Å². The standard InChI is InChI=1S/C11H18N3OP.ClH/c1-16(2,15)10-3-4-11(13-9-10)14-7-5-12-6-8-14;/h3-4,9,12H,5-8H2,1-2H3;1H. The maximum absolute atomic E-state index is 11.8. The second-order valence-electron chi connectivity index (χ2n) is 4.46. The van der Waals surface area contributed by atoms with Crippen molar-refractivity contribution in [2.45, 2.75) is 0 Å². The number of piperazine rings is 1. The number of halogens is 1. The van der Waals surface area contributed by atoms with Crippen molar-refractivity contribution in [3.8, 4) is 0 Å². The zero-order valence-electron chi connectivity index (χ0n) is 10.2. The van der Waals surface area contributed by atoms with Gasteiger partial charge in [-0.2, -0.15) is 0 Å². The lowest BCUT2D eigenvalue weighted by Crippen LogP contribution is -2.43. The second kappa shape index (κ2) is 5.85. The quantitative estimate of drug-likeness (QED) is 0.823. The van der Waals surface area contributed by atoms with Crippen molar-refractivity contribution in [1.82, 2.24) is 10.3 Å². The number of hydrogen-bond acceptors (Lipinski definition) is 4. The Bertz CT molecular complexity index is 398. The van der Waals surface area contributed by atoms with E-state index in [1.807, 2.05) is 12.1 Å². The molecule has 2 heterocycles. The summed E-state index contributed by atoms with van der Waals surface area (Å²) in [4.78, 5) is 6.64. The van der Waals surface area contributed by atoms with Gasteiger partial charge < -0.3 is 14.8 Å². The summed E-state index contributed by atoms with van der Waals surface area (Å²) in [6.45, 7) is 7.53. The molecule has 0 saturated carbocycles. The Morgan fingerprint density at radius 1 is 1.29 bits per heavy atom. The molecule has 2 rings (SSSR count). The van der Waals surface area contributed by atoms with E-state index in [9.17, 15) is 4.57 Å². The topological polar surface area (TPSA) is 45.2 Å². The molecular weight excluding hydrogens is 257 g/mol. The maximum atomic E-state index is 11.8. The first-order chi connectivity index (χ1) is 7.57. The predicted octanol–water partition coefficient (Wildman–Crippen LogP) is 1.16. The van der Waals surface area contributed by atoms with Crippen molar-refractivity contribution in [2.75, 3.05) is 44.4 Å². The Balaban J connectivity index is 0.00000144. The molecule has 4 nitrogen and oxygen atoms in total. The normalized spacial score (nSPS) is 16.5. The molecule has 1 aromatic heterocycles. The maximum Gasteiger partial charge on any atom is 0.128 e. The molecule has 0 spiro atoms. The van der Waals surface area contributed by atoms with Crippen LogP contribution in [0.2, 0.25) is 0 Å². The number of nitrogens with one attached hydrogen (secondary N) is 1. The van der Waals surface area contributed by atoms with Gasteiger partial charge >= 0.3 is 0 Å². The largest absolute Gasteiger partial charge is 0.354 e. The molecule has 0 aliphatic carbocycles. The van der Waals surface area contributed by atoms with Crippen LogP contribution in [-0.2, 0) is 4.57 Å². The van der Waals surface area contributed by atoms with Crippen molar-refractivity contribution < 1.29 is 4.57 Å². The van der Waals surface area contributed by atoms with E-state index < -0.39 is 7.14 Å². The van der Waals surface area contributed by atoms with Crippen LogP contribution in [0.1, 0.15) is 0 Å². The summed E-state index contributed by atoms with van der Waals surface area (Å²) >= 11 is 0. The Morgan fingerprint density at radius 3 is 2.41 bits per heavy atom. The fourth-order valence-corrected chi connectivity index (χ4v) is 2.55. The van der Waals surface area contributed by atoms with E-state index >= 15 is 0 Å². The number of nitrogens with zero attached hydrogens (tertiary/aromatic N) is 2. The second-order valence-corrected chi connectivity index (χ2v) is 7.68. The Hall–Kier alpha value is -0.570. The third-order valence-electron chi connectivity index (χ3n) is 2.80. The summed E-state index contributed by atoms with van der Waals surface area (Å²) in [6.07, 6.45) is 1.75. The average Bonchev–Trinajstić information content (AvgIpc) is 2.29. The molecule has 0 atom stereocenters. The number of rotatable bonds is 2. The smallest absolute Gasteiger partial charge is 0.128 e. The van der Waals surface area contributed by atoms with Gasteiger partial charge in [0.25, 0.3) is 0 Å². The van der Waals surface area contributed by atoms with Crippen molar-refractivity contribution in [1.29, 1.82) is 0 Å². The molecule has 1 aliphatic heterocycles. The van der Waals surface area contributed by atoms with Crippen LogP contribution in [0.4, 0.5) is 5.82 Å². The van der Waals surface area contributed by atoms with Gasteiger partial charge in [0.05, 0.1) is 0 Å². The molecule has 1 fully saturated rings. The highest BCUT2D eigenvalue weighted by molar-refractivity contribution is 7.70. The van der Waals surface area contributed by atoms with Crippen LogP contribution in [0.3, 0.4) is 0 Å². The highest BCUT2D eigenvalue weighted by atomic mass is 35.5. The minimum Gasteiger partial charge on any atom is -0.354 e. The van der Waals surface area contributed by atoms with Gasteiger partial charge in [0.15, 0.2) is 0 Å². The summed E-state index contributed by atoms with van der Waals surface area (Å²) in [6, 6.07) is 3.91. The van der Waals surface area contributed by atoms with Gasteiger partial charge in [-0.3, -0.25) is 0 Å². The monoisotopic (exact) mass is 275 g/mol. The first-order valence-corrected chi connectivity index (χ1v) is 8.15. The molecule has 0 bridgehead atoms. The zero-order valence-corrected chi connectivity index (χ0v) is 11.9. The lowest BCUT2D eigenvalue weighted by atomic mass is 10.3. The fourth-order valence-electron chi connectivity index (χ4n) is 1.78. The van der Waals surface area contributed by atoms with Crippen LogP contribution in [0.5, 0.6) is 0 Å². The molecule has 0 unspecified atom stereocenters. The molecule has 96 valence electrons. The van der Waals surface area contributed by atoms with Gasteiger partial charge in [-0.1, -0.05) is 0 Å².